The number of amides is 2. The van der Waals surface area contributed by atoms with E-state index >= 15 is 0 Å². The van der Waals surface area contributed by atoms with Crippen molar-refractivity contribution >= 4 is 16.1 Å². The SMILES string of the molecule is CNS(=O)(=O)c1cccc(CNC(=O)NC[C@H]2CCCO2)c1. The Balaban J connectivity index is 1.83. The van der Waals surface area contributed by atoms with Crippen LogP contribution in [-0.4, -0.2) is 40.8 Å². The lowest BCUT2D eigenvalue weighted by atomic mass is 10.2. The highest BCUT2D eigenvalue weighted by molar-refractivity contribution is 7.89. The molecule has 1 aliphatic heterocycles. The Kier molecular flexibility index (Phi) is 5.76. The van der Waals surface area contributed by atoms with Gasteiger partial charge in [0.05, 0.1) is 11.0 Å². The summed E-state index contributed by atoms with van der Waals surface area (Å²) < 4.78 is 31.1. The summed E-state index contributed by atoms with van der Waals surface area (Å²) in [6.07, 6.45) is 2.08. The van der Waals surface area contributed by atoms with E-state index in [1.807, 2.05) is 0 Å². The van der Waals surface area contributed by atoms with Crippen LogP contribution in [0.3, 0.4) is 0 Å². The van der Waals surface area contributed by atoms with Gasteiger partial charge in [-0.3, -0.25) is 0 Å². The molecule has 0 bridgehead atoms. The number of hydrogen-bond acceptors (Lipinski definition) is 4. The fourth-order valence-electron chi connectivity index (χ4n) is 2.20. The zero-order chi connectivity index (χ0) is 16.0. The highest BCUT2D eigenvalue weighted by atomic mass is 32.2. The van der Waals surface area contributed by atoms with E-state index in [-0.39, 0.29) is 23.6 Å². The first kappa shape index (κ1) is 16.7. The van der Waals surface area contributed by atoms with Crippen LogP contribution in [0.2, 0.25) is 0 Å². The van der Waals surface area contributed by atoms with E-state index in [9.17, 15) is 13.2 Å². The number of ether oxygens (including phenoxy) is 1. The van der Waals surface area contributed by atoms with E-state index in [4.69, 9.17) is 4.74 Å². The summed E-state index contributed by atoms with van der Waals surface area (Å²) in [5.74, 6) is 0. The maximum atomic E-state index is 11.7. The minimum atomic E-state index is -3.48. The van der Waals surface area contributed by atoms with Gasteiger partial charge in [0.1, 0.15) is 0 Å². The zero-order valence-electron chi connectivity index (χ0n) is 12.5. The van der Waals surface area contributed by atoms with E-state index in [1.165, 1.54) is 19.2 Å². The van der Waals surface area contributed by atoms with Crippen molar-refractivity contribution in [2.45, 2.75) is 30.4 Å². The molecule has 0 unspecified atom stereocenters. The summed E-state index contributed by atoms with van der Waals surface area (Å²) in [6, 6.07) is 6.15. The molecule has 122 valence electrons. The third-order valence-corrected chi connectivity index (χ3v) is 4.86. The minimum Gasteiger partial charge on any atom is -0.376 e. The van der Waals surface area contributed by atoms with Gasteiger partial charge in [-0.05, 0) is 37.6 Å². The van der Waals surface area contributed by atoms with Crippen molar-refractivity contribution in [3.63, 3.8) is 0 Å². The maximum absolute atomic E-state index is 11.7. The molecule has 1 aromatic carbocycles. The number of urea groups is 1. The molecular formula is C14H21N3O4S. The Hall–Kier alpha value is -1.64. The maximum Gasteiger partial charge on any atom is 0.315 e. The van der Waals surface area contributed by atoms with Gasteiger partial charge < -0.3 is 15.4 Å². The van der Waals surface area contributed by atoms with Crippen LogP contribution >= 0.6 is 0 Å². The largest absolute Gasteiger partial charge is 0.376 e. The number of hydrogen-bond donors (Lipinski definition) is 3. The lowest BCUT2D eigenvalue weighted by molar-refractivity contribution is 0.111. The van der Waals surface area contributed by atoms with Crippen molar-refractivity contribution in [1.82, 2.24) is 15.4 Å². The number of nitrogens with one attached hydrogen (secondary N) is 3. The average Bonchev–Trinajstić information content (AvgIpc) is 3.04. The second kappa shape index (κ2) is 7.57. The van der Waals surface area contributed by atoms with E-state index in [0.29, 0.717) is 12.1 Å². The van der Waals surface area contributed by atoms with Crippen LogP contribution < -0.4 is 15.4 Å². The van der Waals surface area contributed by atoms with E-state index in [0.717, 1.165) is 19.4 Å². The molecule has 1 saturated heterocycles. The Bertz CT molecular complexity index is 612. The lowest BCUT2D eigenvalue weighted by Crippen LogP contribution is -2.39. The lowest BCUT2D eigenvalue weighted by Gasteiger charge is -2.12. The topological polar surface area (TPSA) is 96.5 Å². The van der Waals surface area contributed by atoms with Crippen molar-refractivity contribution in [1.29, 1.82) is 0 Å². The van der Waals surface area contributed by atoms with Crippen LogP contribution in [0.25, 0.3) is 0 Å². The van der Waals surface area contributed by atoms with Crippen LogP contribution in [-0.2, 0) is 21.3 Å². The molecule has 22 heavy (non-hydrogen) atoms. The molecule has 0 radical (unpaired) electrons. The number of benzene rings is 1. The number of carbonyl (C=O) groups is 1. The van der Waals surface area contributed by atoms with Gasteiger partial charge in [0, 0.05) is 19.7 Å². The van der Waals surface area contributed by atoms with Gasteiger partial charge in [-0.15, -0.1) is 0 Å². The molecule has 1 aliphatic rings. The smallest absolute Gasteiger partial charge is 0.315 e. The number of carbonyl (C=O) groups excluding carboxylic acids is 1. The van der Waals surface area contributed by atoms with Gasteiger partial charge in [0.2, 0.25) is 10.0 Å². The Labute approximate surface area is 130 Å². The zero-order valence-corrected chi connectivity index (χ0v) is 13.3. The molecular weight excluding hydrogens is 306 g/mol. The van der Waals surface area contributed by atoms with Gasteiger partial charge in [0.25, 0.3) is 0 Å². The third kappa shape index (κ3) is 4.69. The predicted molar refractivity (Wildman–Crippen MR) is 81.9 cm³/mol. The molecule has 1 heterocycles. The first-order valence-electron chi connectivity index (χ1n) is 7.17. The van der Waals surface area contributed by atoms with Crippen molar-refractivity contribution in [2.24, 2.45) is 0 Å². The molecule has 8 heteroatoms. The second-order valence-electron chi connectivity index (χ2n) is 5.05. The van der Waals surface area contributed by atoms with Crippen LogP contribution in [0.5, 0.6) is 0 Å². The summed E-state index contributed by atoms with van der Waals surface area (Å²) in [7, 11) is -2.12. The van der Waals surface area contributed by atoms with Crippen molar-refractivity contribution in [2.75, 3.05) is 20.2 Å². The molecule has 7 nitrogen and oxygen atoms in total. The summed E-state index contributed by atoms with van der Waals surface area (Å²) in [4.78, 5) is 11.9. The first-order chi connectivity index (χ1) is 10.5. The molecule has 0 aromatic heterocycles. The Morgan fingerprint density at radius 2 is 2.18 bits per heavy atom. The molecule has 1 aromatic rings. The van der Waals surface area contributed by atoms with Crippen molar-refractivity contribution < 1.29 is 17.9 Å². The average molecular weight is 327 g/mol. The molecule has 2 amide bonds. The summed E-state index contributed by atoms with van der Waals surface area (Å²) in [5, 5.41) is 5.44. The van der Waals surface area contributed by atoms with E-state index in [1.54, 1.807) is 12.1 Å². The first-order valence-corrected chi connectivity index (χ1v) is 8.65. The number of sulfonamides is 1. The number of rotatable bonds is 6. The van der Waals surface area contributed by atoms with Crippen LogP contribution in [0.4, 0.5) is 4.79 Å². The standard InChI is InChI=1S/C14H21N3O4S/c1-15-22(19,20)13-6-2-4-11(8-13)9-16-14(18)17-10-12-5-3-7-21-12/h2,4,6,8,12,15H,3,5,7,9-10H2,1H3,(H2,16,17,18)/t12-/m1/s1. The summed E-state index contributed by atoms with van der Waals surface area (Å²) in [5.41, 5.74) is 0.712. The van der Waals surface area contributed by atoms with Gasteiger partial charge in [-0.2, -0.15) is 0 Å². The summed E-state index contributed by atoms with van der Waals surface area (Å²) in [6.45, 7) is 1.49. The van der Waals surface area contributed by atoms with Gasteiger partial charge in [0.15, 0.2) is 0 Å². The molecule has 1 fully saturated rings. The molecule has 0 saturated carbocycles. The Morgan fingerprint density at radius 3 is 2.86 bits per heavy atom. The fourth-order valence-corrected chi connectivity index (χ4v) is 3.00. The molecule has 3 N–H and O–H groups in total. The van der Waals surface area contributed by atoms with Gasteiger partial charge >= 0.3 is 6.03 Å². The van der Waals surface area contributed by atoms with Gasteiger partial charge in [-0.25, -0.2) is 17.9 Å². The van der Waals surface area contributed by atoms with Gasteiger partial charge in [-0.1, -0.05) is 12.1 Å². The normalized spacial score (nSPS) is 18.1. The molecule has 0 spiro atoms. The molecule has 1 atom stereocenters. The van der Waals surface area contributed by atoms with Crippen molar-refractivity contribution in [3.8, 4) is 0 Å². The monoisotopic (exact) mass is 327 g/mol. The predicted octanol–water partition coefficient (Wildman–Crippen LogP) is 0.573. The molecule has 0 aliphatic carbocycles. The van der Waals surface area contributed by atoms with E-state index in [2.05, 4.69) is 15.4 Å². The summed E-state index contributed by atoms with van der Waals surface area (Å²) >= 11 is 0. The minimum absolute atomic E-state index is 0.0925. The van der Waals surface area contributed by atoms with Crippen LogP contribution in [0, 0.1) is 0 Å². The third-order valence-electron chi connectivity index (χ3n) is 3.44. The second-order valence-corrected chi connectivity index (χ2v) is 6.94. The quantitative estimate of drug-likeness (QED) is 0.712. The molecule has 2 rings (SSSR count). The van der Waals surface area contributed by atoms with Crippen LogP contribution in [0.1, 0.15) is 18.4 Å². The van der Waals surface area contributed by atoms with Crippen molar-refractivity contribution in [3.05, 3.63) is 29.8 Å². The Morgan fingerprint density at radius 1 is 1.36 bits per heavy atom. The highest BCUT2D eigenvalue weighted by Gasteiger charge is 2.16. The van der Waals surface area contributed by atoms with E-state index < -0.39 is 10.0 Å². The fraction of sp³-hybridized carbons (Fsp3) is 0.500. The van der Waals surface area contributed by atoms with Crippen LogP contribution in [0.15, 0.2) is 29.2 Å². The highest BCUT2D eigenvalue weighted by Crippen LogP contribution is 2.11.